The summed E-state index contributed by atoms with van der Waals surface area (Å²) in [5.41, 5.74) is 1.51. The second-order valence-corrected chi connectivity index (χ2v) is 17.1. The van der Waals surface area contributed by atoms with Gasteiger partial charge in [0.15, 0.2) is 0 Å². The van der Waals surface area contributed by atoms with E-state index < -0.39 is 8.07 Å². The zero-order chi connectivity index (χ0) is 16.9. The fraction of sp³-hybridized carbons (Fsp3) is 0.895. The summed E-state index contributed by atoms with van der Waals surface area (Å²) in [6.07, 6.45) is 8.30. The van der Waals surface area contributed by atoms with Crippen molar-refractivity contribution in [1.29, 1.82) is 0 Å². The third-order valence-corrected chi connectivity index (χ3v) is 10.4. The topological polar surface area (TPSA) is 9.23 Å². The van der Waals surface area contributed by atoms with Crippen molar-refractivity contribution in [2.45, 2.75) is 81.3 Å². The Bertz CT molecular complexity index is 379. The lowest BCUT2D eigenvalue weighted by Crippen LogP contribution is -2.37. The van der Waals surface area contributed by atoms with Crippen molar-refractivity contribution in [3.63, 3.8) is 0 Å². The van der Waals surface area contributed by atoms with Gasteiger partial charge in [-0.1, -0.05) is 38.7 Å². The van der Waals surface area contributed by atoms with Gasteiger partial charge in [-0.05, 0) is 56.1 Å². The first-order valence-corrected chi connectivity index (χ1v) is 15.1. The van der Waals surface area contributed by atoms with Crippen molar-refractivity contribution in [3.8, 4) is 0 Å². The monoisotopic (exact) mass is 372 g/mol. The maximum atomic E-state index is 6.00. The van der Waals surface area contributed by atoms with Crippen molar-refractivity contribution in [3.05, 3.63) is 12.2 Å². The molecule has 2 heterocycles. The third-order valence-electron chi connectivity index (χ3n) is 5.10. The highest BCUT2D eigenvalue weighted by Gasteiger charge is 2.41. The van der Waals surface area contributed by atoms with E-state index in [-0.39, 0.29) is 0 Å². The fourth-order valence-corrected chi connectivity index (χ4v) is 9.05. The quantitative estimate of drug-likeness (QED) is 0.376. The Labute approximate surface area is 153 Å². The molecular formula is C19H36OS2Si. The SMILES string of the molecule is C=C(C[Si](C)(C)C)C(C)C1(CCC2CCCCO2)SCCCS1. The van der Waals surface area contributed by atoms with Gasteiger partial charge in [0.25, 0.3) is 0 Å². The average Bonchev–Trinajstić information content (AvgIpc) is 2.52. The van der Waals surface area contributed by atoms with Crippen LogP contribution in [0.2, 0.25) is 25.7 Å². The minimum Gasteiger partial charge on any atom is -0.378 e. The summed E-state index contributed by atoms with van der Waals surface area (Å²) in [5, 5.41) is 0. The van der Waals surface area contributed by atoms with E-state index in [1.165, 1.54) is 61.6 Å². The molecule has 0 spiro atoms. The zero-order valence-corrected chi connectivity index (χ0v) is 18.3. The van der Waals surface area contributed by atoms with Crippen LogP contribution in [0.1, 0.15) is 45.4 Å². The Morgan fingerprint density at radius 1 is 1.22 bits per heavy atom. The Morgan fingerprint density at radius 2 is 1.91 bits per heavy atom. The number of allylic oxidation sites excluding steroid dienone is 1. The molecule has 2 aliphatic rings. The summed E-state index contributed by atoms with van der Waals surface area (Å²) >= 11 is 4.45. The molecule has 2 atom stereocenters. The van der Waals surface area contributed by atoms with Crippen LogP contribution in [0.5, 0.6) is 0 Å². The summed E-state index contributed by atoms with van der Waals surface area (Å²) in [6.45, 7) is 15.4. The van der Waals surface area contributed by atoms with E-state index in [9.17, 15) is 0 Å². The van der Waals surface area contributed by atoms with Gasteiger partial charge in [-0.3, -0.25) is 0 Å². The van der Waals surface area contributed by atoms with Crippen LogP contribution in [-0.2, 0) is 4.74 Å². The molecule has 0 aliphatic carbocycles. The molecule has 2 rings (SSSR count). The largest absolute Gasteiger partial charge is 0.378 e. The first kappa shape index (κ1) is 19.9. The van der Waals surface area contributed by atoms with Crippen LogP contribution in [0.25, 0.3) is 0 Å². The zero-order valence-electron chi connectivity index (χ0n) is 15.7. The molecule has 0 bridgehead atoms. The molecule has 2 unspecified atom stereocenters. The minimum atomic E-state index is -1.08. The first-order chi connectivity index (χ1) is 10.8. The minimum absolute atomic E-state index is 0.357. The highest BCUT2D eigenvalue weighted by molar-refractivity contribution is 8.18. The Morgan fingerprint density at radius 3 is 2.48 bits per heavy atom. The highest BCUT2D eigenvalue weighted by atomic mass is 32.2. The molecule has 2 fully saturated rings. The average molecular weight is 373 g/mol. The van der Waals surface area contributed by atoms with Gasteiger partial charge in [0.05, 0.1) is 10.2 Å². The van der Waals surface area contributed by atoms with Gasteiger partial charge in [0.2, 0.25) is 0 Å². The highest BCUT2D eigenvalue weighted by Crippen LogP contribution is 2.53. The lowest BCUT2D eigenvalue weighted by Gasteiger charge is -2.43. The Kier molecular flexibility index (Phi) is 7.64. The summed E-state index contributed by atoms with van der Waals surface area (Å²) in [6, 6.07) is 1.27. The molecule has 2 aliphatic heterocycles. The van der Waals surface area contributed by atoms with Gasteiger partial charge < -0.3 is 4.74 Å². The standard InChI is InChI=1S/C19H36OS2Si/c1-16(15-23(3,4)5)17(2)19(21-13-8-14-22-19)11-10-18-9-6-7-12-20-18/h17-18H,1,6-15H2,2-5H3. The van der Waals surface area contributed by atoms with Crippen molar-refractivity contribution in [2.24, 2.45) is 5.92 Å². The van der Waals surface area contributed by atoms with Gasteiger partial charge in [0.1, 0.15) is 0 Å². The summed E-state index contributed by atoms with van der Waals surface area (Å²) in [7, 11) is -1.08. The van der Waals surface area contributed by atoms with Gasteiger partial charge in [-0.2, -0.15) is 0 Å². The predicted octanol–water partition coefficient (Wildman–Crippen LogP) is 6.43. The summed E-state index contributed by atoms with van der Waals surface area (Å²) in [5.74, 6) is 3.26. The van der Waals surface area contributed by atoms with Crippen LogP contribution in [0.3, 0.4) is 0 Å². The second-order valence-electron chi connectivity index (χ2n) is 8.51. The van der Waals surface area contributed by atoms with E-state index in [2.05, 4.69) is 56.7 Å². The lowest BCUT2D eigenvalue weighted by molar-refractivity contribution is 0.00929. The molecule has 2 saturated heterocycles. The predicted molar refractivity (Wildman–Crippen MR) is 112 cm³/mol. The van der Waals surface area contributed by atoms with Crippen LogP contribution < -0.4 is 0 Å². The smallest absolute Gasteiger partial charge is 0.0674 e. The van der Waals surface area contributed by atoms with Gasteiger partial charge in [-0.15, -0.1) is 23.5 Å². The molecule has 0 amide bonds. The third kappa shape index (κ3) is 6.13. The molecule has 0 aromatic rings. The van der Waals surface area contributed by atoms with E-state index in [1.807, 2.05) is 0 Å². The lowest BCUT2D eigenvalue weighted by atomic mass is 9.93. The maximum Gasteiger partial charge on any atom is 0.0674 e. The number of rotatable bonds is 7. The number of hydrogen-bond acceptors (Lipinski definition) is 3. The van der Waals surface area contributed by atoms with E-state index in [0.717, 1.165) is 6.61 Å². The first-order valence-electron chi connectivity index (χ1n) is 9.40. The van der Waals surface area contributed by atoms with E-state index in [4.69, 9.17) is 4.74 Å². The molecule has 0 aromatic heterocycles. The number of hydrogen-bond donors (Lipinski definition) is 0. The van der Waals surface area contributed by atoms with E-state index in [1.54, 1.807) is 0 Å². The van der Waals surface area contributed by atoms with Crippen LogP contribution in [0.15, 0.2) is 12.2 Å². The Hall–Kier alpha value is 0.617. The second kappa shape index (κ2) is 8.82. The van der Waals surface area contributed by atoms with E-state index in [0.29, 0.717) is 16.1 Å². The number of ether oxygens (including phenoxy) is 1. The molecule has 1 nitrogen and oxygen atoms in total. The van der Waals surface area contributed by atoms with Gasteiger partial charge >= 0.3 is 0 Å². The number of thioether (sulfide) groups is 2. The van der Waals surface area contributed by atoms with Crippen LogP contribution in [-0.4, -0.2) is 36.4 Å². The van der Waals surface area contributed by atoms with Gasteiger partial charge in [0, 0.05) is 20.6 Å². The molecule has 23 heavy (non-hydrogen) atoms. The van der Waals surface area contributed by atoms with Crippen molar-refractivity contribution in [2.75, 3.05) is 18.1 Å². The summed E-state index contributed by atoms with van der Waals surface area (Å²) in [4.78, 5) is 0. The molecule has 0 saturated carbocycles. The van der Waals surface area contributed by atoms with Gasteiger partial charge in [-0.25, -0.2) is 0 Å². The maximum absolute atomic E-state index is 6.00. The summed E-state index contributed by atoms with van der Waals surface area (Å²) < 4.78 is 6.36. The molecular weight excluding hydrogens is 336 g/mol. The fourth-order valence-electron chi connectivity index (χ4n) is 3.74. The molecule has 0 aromatic carbocycles. The normalized spacial score (nSPS) is 26.7. The van der Waals surface area contributed by atoms with Crippen LogP contribution in [0.4, 0.5) is 0 Å². The van der Waals surface area contributed by atoms with Crippen molar-refractivity contribution in [1.82, 2.24) is 0 Å². The van der Waals surface area contributed by atoms with Crippen molar-refractivity contribution >= 4 is 31.6 Å². The molecule has 4 heteroatoms. The van der Waals surface area contributed by atoms with E-state index >= 15 is 0 Å². The molecule has 0 radical (unpaired) electrons. The Balaban J connectivity index is 2.00. The molecule has 0 N–H and O–H groups in total. The van der Waals surface area contributed by atoms with Crippen LogP contribution >= 0.6 is 23.5 Å². The van der Waals surface area contributed by atoms with Crippen molar-refractivity contribution < 1.29 is 4.74 Å². The van der Waals surface area contributed by atoms with Crippen LogP contribution in [0, 0.1) is 5.92 Å². The molecule has 134 valence electrons.